The number of unbranched alkanes of at least 4 members (excludes halogenated alkanes) is 26. The summed E-state index contributed by atoms with van der Waals surface area (Å²) in [5, 5.41) is 0. The van der Waals surface area contributed by atoms with E-state index in [0.717, 1.165) is 116 Å². The van der Waals surface area contributed by atoms with Gasteiger partial charge < -0.3 is 14.2 Å². The Labute approximate surface area is 420 Å². The average Bonchev–Trinajstić information content (AvgIpc) is 3.34. The van der Waals surface area contributed by atoms with Gasteiger partial charge in [-0.3, -0.25) is 14.4 Å². The van der Waals surface area contributed by atoms with Crippen molar-refractivity contribution in [3.63, 3.8) is 0 Å². The van der Waals surface area contributed by atoms with Gasteiger partial charge in [-0.1, -0.05) is 221 Å². The molecule has 0 aromatic rings. The van der Waals surface area contributed by atoms with Crippen LogP contribution in [-0.4, -0.2) is 37.2 Å². The fraction of sp³-hybridized carbons (Fsp3) is 0.726. The number of esters is 3. The first-order valence-electron chi connectivity index (χ1n) is 28.6. The molecule has 0 saturated heterocycles. The highest BCUT2D eigenvalue weighted by Crippen LogP contribution is 2.14. The molecule has 0 saturated carbocycles. The number of hydrogen-bond donors (Lipinski definition) is 0. The molecule has 6 heteroatoms. The predicted octanol–water partition coefficient (Wildman–Crippen LogP) is 19.2. The molecule has 0 N–H and O–H groups in total. The van der Waals surface area contributed by atoms with E-state index in [1.54, 1.807) is 0 Å². The van der Waals surface area contributed by atoms with Crippen molar-refractivity contribution < 1.29 is 28.6 Å². The van der Waals surface area contributed by atoms with Crippen molar-refractivity contribution in [3.05, 3.63) is 85.1 Å². The van der Waals surface area contributed by atoms with Crippen LogP contribution in [0.5, 0.6) is 0 Å². The van der Waals surface area contributed by atoms with Gasteiger partial charge in [-0.15, -0.1) is 0 Å². The van der Waals surface area contributed by atoms with Gasteiger partial charge >= 0.3 is 17.9 Å². The van der Waals surface area contributed by atoms with Gasteiger partial charge in [0.2, 0.25) is 0 Å². The Balaban J connectivity index is 4.43. The lowest BCUT2D eigenvalue weighted by Gasteiger charge is -2.18. The van der Waals surface area contributed by atoms with Crippen LogP contribution >= 0.6 is 0 Å². The van der Waals surface area contributed by atoms with Crippen molar-refractivity contribution in [2.45, 2.75) is 277 Å². The van der Waals surface area contributed by atoms with Crippen LogP contribution in [0.3, 0.4) is 0 Å². The smallest absolute Gasteiger partial charge is 0.306 e. The predicted molar refractivity (Wildman–Crippen MR) is 293 cm³/mol. The fourth-order valence-electron chi connectivity index (χ4n) is 7.73. The summed E-state index contributed by atoms with van der Waals surface area (Å²) in [6.45, 7) is 6.53. The van der Waals surface area contributed by atoms with Crippen molar-refractivity contribution in [1.29, 1.82) is 0 Å². The van der Waals surface area contributed by atoms with E-state index in [0.29, 0.717) is 19.3 Å². The molecule has 0 heterocycles. The third kappa shape index (κ3) is 53.5. The highest BCUT2D eigenvalue weighted by Gasteiger charge is 2.19. The second kappa shape index (κ2) is 56.2. The maximum atomic E-state index is 12.9. The minimum atomic E-state index is -0.793. The standard InChI is InChI=1S/C62H106O6/c1-4-7-10-13-16-19-22-25-28-30-31-33-34-37-40-43-46-49-52-55-61(64)67-58-59(57-66-60(63)54-51-48-45-42-39-36-27-24-21-18-15-12-9-6-3)68-62(65)56-53-50-47-44-41-38-35-32-29-26-23-20-17-14-11-8-5-2/h15-20,24-29,31,33,59H,4-14,21-23,30,32,34-58H2,1-3H3/b18-15-,19-16-,20-17-,27-24-,28-25-,29-26-,33-31-. The summed E-state index contributed by atoms with van der Waals surface area (Å²) in [5.74, 6) is -0.920. The van der Waals surface area contributed by atoms with Crippen molar-refractivity contribution >= 4 is 17.9 Å². The Bertz CT molecular complexity index is 1320. The van der Waals surface area contributed by atoms with Crippen LogP contribution in [-0.2, 0) is 28.6 Å². The molecule has 0 aliphatic rings. The molecule has 0 aliphatic carbocycles. The topological polar surface area (TPSA) is 78.9 Å². The van der Waals surface area contributed by atoms with Gasteiger partial charge in [-0.2, -0.15) is 0 Å². The first-order chi connectivity index (χ1) is 33.5. The summed E-state index contributed by atoms with van der Waals surface area (Å²) in [7, 11) is 0. The molecule has 68 heavy (non-hydrogen) atoms. The molecule has 0 aromatic carbocycles. The Kier molecular flexibility index (Phi) is 53.4. The number of hydrogen-bond acceptors (Lipinski definition) is 6. The van der Waals surface area contributed by atoms with Crippen LogP contribution < -0.4 is 0 Å². The Morgan fingerprint density at radius 3 is 0.868 bits per heavy atom. The van der Waals surface area contributed by atoms with Gasteiger partial charge in [0.25, 0.3) is 0 Å². The fourth-order valence-corrected chi connectivity index (χ4v) is 7.73. The number of rotatable bonds is 51. The highest BCUT2D eigenvalue weighted by atomic mass is 16.6. The molecule has 0 radical (unpaired) electrons. The van der Waals surface area contributed by atoms with E-state index >= 15 is 0 Å². The molecular formula is C62H106O6. The molecule has 6 nitrogen and oxygen atoms in total. The van der Waals surface area contributed by atoms with Crippen LogP contribution in [0.15, 0.2) is 85.1 Å². The average molecular weight is 948 g/mol. The molecule has 0 aliphatic heterocycles. The van der Waals surface area contributed by atoms with Gasteiger partial charge in [0.15, 0.2) is 6.10 Å². The maximum absolute atomic E-state index is 12.9. The summed E-state index contributed by atoms with van der Waals surface area (Å²) < 4.78 is 16.8. The van der Waals surface area contributed by atoms with Crippen LogP contribution in [0.2, 0.25) is 0 Å². The molecule has 1 atom stereocenters. The Hall–Kier alpha value is -3.41. The van der Waals surface area contributed by atoms with Gasteiger partial charge in [0.1, 0.15) is 13.2 Å². The van der Waals surface area contributed by atoms with Crippen LogP contribution in [0.25, 0.3) is 0 Å². The van der Waals surface area contributed by atoms with Gasteiger partial charge in [0.05, 0.1) is 0 Å². The summed E-state index contributed by atoms with van der Waals surface area (Å²) in [5.41, 5.74) is 0. The van der Waals surface area contributed by atoms with Crippen molar-refractivity contribution in [1.82, 2.24) is 0 Å². The Morgan fingerprint density at radius 2 is 0.544 bits per heavy atom. The molecule has 0 fully saturated rings. The largest absolute Gasteiger partial charge is 0.462 e. The van der Waals surface area contributed by atoms with E-state index in [-0.39, 0.29) is 31.1 Å². The molecule has 0 spiro atoms. The molecule has 0 amide bonds. The molecule has 0 rings (SSSR count). The second-order valence-corrected chi connectivity index (χ2v) is 18.8. The zero-order valence-corrected chi connectivity index (χ0v) is 44.6. The lowest BCUT2D eigenvalue weighted by molar-refractivity contribution is -0.167. The Morgan fingerprint density at radius 1 is 0.294 bits per heavy atom. The monoisotopic (exact) mass is 947 g/mol. The quantitative estimate of drug-likeness (QED) is 0.0262. The number of ether oxygens (including phenoxy) is 3. The van der Waals surface area contributed by atoms with E-state index in [9.17, 15) is 14.4 Å². The number of allylic oxidation sites excluding steroid dienone is 14. The lowest BCUT2D eigenvalue weighted by atomic mass is 10.1. The minimum absolute atomic E-state index is 0.0914. The summed E-state index contributed by atoms with van der Waals surface area (Å²) in [4.78, 5) is 38.1. The molecule has 1 unspecified atom stereocenters. The summed E-state index contributed by atoms with van der Waals surface area (Å²) >= 11 is 0. The molecule has 0 bridgehead atoms. The maximum Gasteiger partial charge on any atom is 0.306 e. The van der Waals surface area contributed by atoms with Gasteiger partial charge in [-0.05, 0) is 116 Å². The zero-order valence-electron chi connectivity index (χ0n) is 44.6. The van der Waals surface area contributed by atoms with Crippen LogP contribution in [0, 0.1) is 0 Å². The van der Waals surface area contributed by atoms with Crippen molar-refractivity contribution in [2.75, 3.05) is 13.2 Å². The van der Waals surface area contributed by atoms with E-state index in [1.165, 1.54) is 116 Å². The SMILES string of the molecule is CCCC/C=C\C/C=C\CCCCCCCC(=O)OCC(COC(=O)CCCCCCCC/C=C\C/C=C\C/C=C\CCCCC)OC(=O)CCCCCCCCC/C=C\C/C=C\CCCCC. The first kappa shape index (κ1) is 64.6. The molecule has 390 valence electrons. The number of carbonyl (C=O) groups excluding carboxylic acids is 3. The van der Waals surface area contributed by atoms with Crippen LogP contribution in [0.1, 0.15) is 271 Å². The van der Waals surface area contributed by atoms with Crippen molar-refractivity contribution in [2.24, 2.45) is 0 Å². The second-order valence-electron chi connectivity index (χ2n) is 18.8. The van der Waals surface area contributed by atoms with Crippen LogP contribution in [0.4, 0.5) is 0 Å². The van der Waals surface area contributed by atoms with E-state index in [4.69, 9.17) is 14.2 Å². The van der Waals surface area contributed by atoms with E-state index < -0.39 is 6.10 Å². The van der Waals surface area contributed by atoms with Gasteiger partial charge in [-0.25, -0.2) is 0 Å². The first-order valence-corrected chi connectivity index (χ1v) is 28.6. The van der Waals surface area contributed by atoms with Crippen molar-refractivity contribution in [3.8, 4) is 0 Å². The van der Waals surface area contributed by atoms with E-state index in [2.05, 4.69) is 106 Å². The number of carbonyl (C=O) groups is 3. The summed E-state index contributed by atoms with van der Waals surface area (Å²) in [6, 6.07) is 0. The third-order valence-corrected chi connectivity index (χ3v) is 12.1. The van der Waals surface area contributed by atoms with E-state index in [1.807, 2.05) is 0 Å². The lowest BCUT2D eigenvalue weighted by Crippen LogP contribution is -2.30. The van der Waals surface area contributed by atoms with Gasteiger partial charge in [0, 0.05) is 19.3 Å². The zero-order chi connectivity index (χ0) is 49.3. The normalized spacial score (nSPS) is 12.7. The minimum Gasteiger partial charge on any atom is -0.462 e. The molecular weight excluding hydrogens is 841 g/mol. The highest BCUT2D eigenvalue weighted by molar-refractivity contribution is 5.71. The summed E-state index contributed by atoms with van der Waals surface area (Å²) in [6.07, 6.45) is 72.7. The molecule has 0 aromatic heterocycles. The third-order valence-electron chi connectivity index (χ3n) is 12.1.